The molecule has 1 heterocycles. The maximum Gasteiger partial charge on any atom is 0.255 e. The van der Waals surface area contributed by atoms with Gasteiger partial charge in [0.25, 0.3) is 5.91 Å². The van der Waals surface area contributed by atoms with Gasteiger partial charge in [-0.2, -0.15) is 5.26 Å². The van der Waals surface area contributed by atoms with Gasteiger partial charge in [0.05, 0.1) is 11.1 Å². The summed E-state index contributed by atoms with van der Waals surface area (Å²) in [5.41, 5.74) is 0.460. The van der Waals surface area contributed by atoms with Crippen molar-refractivity contribution in [3.05, 3.63) is 90.8 Å². The Morgan fingerprint density at radius 2 is 1.90 bits per heavy atom. The second-order valence-corrected chi connectivity index (χ2v) is 6.95. The molecule has 0 unspecified atom stereocenters. The van der Waals surface area contributed by atoms with Crippen molar-refractivity contribution in [3.63, 3.8) is 0 Å². The molecule has 2 aromatic rings. The third-order valence-corrected chi connectivity index (χ3v) is 4.67. The lowest BCUT2D eigenvalue weighted by Gasteiger charge is -2.17. The highest BCUT2D eigenvalue weighted by Gasteiger charge is 2.51. The lowest BCUT2D eigenvalue weighted by molar-refractivity contribution is -0.124. The van der Waals surface area contributed by atoms with Crippen molar-refractivity contribution in [1.82, 2.24) is 20.6 Å². The van der Waals surface area contributed by atoms with Gasteiger partial charge in [-0.1, -0.05) is 31.4 Å². The summed E-state index contributed by atoms with van der Waals surface area (Å²) in [5, 5.41) is 14.6. The maximum atomic E-state index is 12.6. The second-order valence-electron chi connectivity index (χ2n) is 6.95. The van der Waals surface area contributed by atoms with E-state index in [2.05, 4.69) is 33.8 Å². The number of allylic oxidation sites excluding steroid dienone is 3. The largest absolute Gasteiger partial charge is 0.456 e. The predicted octanol–water partition coefficient (Wildman–Crippen LogP) is 2.58. The summed E-state index contributed by atoms with van der Waals surface area (Å²) >= 11 is 0. The molecule has 2 N–H and O–H groups in total. The fourth-order valence-corrected chi connectivity index (χ4v) is 2.75. The van der Waals surface area contributed by atoms with Gasteiger partial charge in [0, 0.05) is 18.9 Å². The standard InChI is InChI=1S/C23H21N5O3/c1-3-4-20(16(2)11-24)31-19-7-5-17(6-8-19)12-27-22(30)23(9-10-23)28-21(29)18-13-25-15-26-14-18/h3-8,13-15H,1-2,9-10,12H2,(H,27,30)(H,28,29)/b20-4+. The fraction of sp³-hybridized carbons (Fsp3) is 0.174. The molecule has 1 saturated carbocycles. The Hall–Kier alpha value is -4.25. The summed E-state index contributed by atoms with van der Waals surface area (Å²) in [6.07, 6.45) is 8.37. The fourth-order valence-electron chi connectivity index (χ4n) is 2.75. The minimum atomic E-state index is -0.891. The van der Waals surface area contributed by atoms with E-state index in [0.717, 1.165) is 5.56 Å². The first-order valence-corrected chi connectivity index (χ1v) is 9.52. The van der Waals surface area contributed by atoms with Crippen molar-refractivity contribution in [2.24, 2.45) is 0 Å². The number of rotatable bonds is 9. The normalized spacial score (nSPS) is 14.0. The number of benzene rings is 1. The summed E-state index contributed by atoms with van der Waals surface area (Å²) in [6, 6.07) is 9.00. The van der Waals surface area contributed by atoms with Crippen LogP contribution in [0.25, 0.3) is 0 Å². The molecule has 0 bridgehead atoms. The predicted molar refractivity (Wildman–Crippen MR) is 113 cm³/mol. The SMILES string of the molecule is C=C/C=C(/Oc1ccc(CNC(=O)C2(NC(=O)c3cncnc3)CC2)cc1)C(=C)C#N. The van der Waals surface area contributed by atoms with Gasteiger partial charge in [0.15, 0.2) is 0 Å². The smallest absolute Gasteiger partial charge is 0.255 e. The Bertz CT molecular complexity index is 1060. The summed E-state index contributed by atoms with van der Waals surface area (Å²) in [7, 11) is 0. The van der Waals surface area contributed by atoms with Gasteiger partial charge >= 0.3 is 0 Å². The molecule has 1 aliphatic carbocycles. The Morgan fingerprint density at radius 3 is 2.48 bits per heavy atom. The van der Waals surface area contributed by atoms with Crippen molar-refractivity contribution in [3.8, 4) is 11.8 Å². The molecular formula is C23H21N5O3. The zero-order valence-electron chi connectivity index (χ0n) is 16.8. The van der Waals surface area contributed by atoms with Gasteiger partial charge in [0.1, 0.15) is 29.4 Å². The first-order chi connectivity index (χ1) is 15.0. The minimum absolute atomic E-state index is 0.190. The summed E-state index contributed by atoms with van der Waals surface area (Å²) in [5.74, 6) is 0.223. The van der Waals surface area contributed by atoms with E-state index in [-0.39, 0.29) is 17.4 Å². The van der Waals surface area contributed by atoms with Crippen LogP contribution in [0.3, 0.4) is 0 Å². The number of nitriles is 1. The summed E-state index contributed by atoms with van der Waals surface area (Å²) in [6.45, 7) is 7.53. The van der Waals surface area contributed by atoms with Gasteiger partial charge in [-0.25, -0.2) is 9.97 Å². The minimum Gasteiger partial charge on any atom is -0.456 e. The number of aromatic nitrogens is 2. The molecule has 0 aliphatic heterocycles. The molecule has 3 rings (SSSR count). The number of hydrogen-bond donors (Lipinski definition) is 2. The molecule has 2 amide bonds. The lowest BCUT2D eigenvalue weighted by Crippen LogP contribution is -2.48. The monoisotopic (exact) mass is 415 g/mol. The Morgan fingerprint density at radius 1 is 1.23 bits per heavy atom. The van der Waals surface area contributed by atoms with Crippen LogP contribution in [0.5, 0.6) is 5.75 Å². The zero-order chi connectivity index (χ0) is 22.3. The van der Waals surface area contributed by atoms with Crippen LogP contribution in [-0.2, 0) is 11.3 Å². The van der Waals surface area contributed by atoms with Gasteiger partial charge in [-0.15, -0.1) is 0 Å². The van der Waals surface area contributed by atoms with Crippen molar-refractivity contribution < 1.29 is 14.3 Å². The molecule has 156 valence electrons. The molecular weight excluding hydrogens is 394 g/mol. The topological polar surface area (TPSA) is 117 Å². The Balaban J connectivity index is 1.55. The highest BCUT2D eigenvalue weighted by Crippen LogP contribution is 2.36. The van der Waals surface area contributed by atoms with Crippen LogP contribution in [0.4, 0.5) is 0 Å². The van der Waals surface area contributed by atoms with Crippen molar-refractivity contribution in [2.45, 2.75) is 24.9 Å². The van der Waals surface area contributed by atoms with Crippen molar-refractivity contribution in [1.29, 1.82) is 5.26 Å². The molecule has 8 nitrogen and oxygen atoms in total. The molecule has 1 fully saturated rings. The van der Waals surface area contributed by atoms with E-state index in [9.17, 15) is 9.59 Å². The first-order valence-electron chi connectivity index (χ1n) is 9.52. The Kier molecular flexibility index (Phi) is 6.58. The average Bonchev–Trinajstić information content (AvgIpc) is 3.58. The van der Waals surface area contributed by atoms with E-state index in [1.165, 1.54) is 24.8 Å². The van der Waals surface area contributed by atoms with E-state index in [0.29, 0.717) is 36.5 Å². The number of amides is 2. The van der Waals surface area contributed by atoms with E-state index in [4.69, 9.17) is 10.00 Å². The molecule has 0 radical (unpaired) electrons. The number of carbonyl (C=O) groups is 2. The molecule has 0 spiro atoms. The number of nitrogens with zero attached hydrogens (tertiary/aromatic N) is 3. The van der Waals surface area contributed by atoms with Crippen molar-refractivity contribution in [2.75, 3.05) is 0 Å². The summed E-state index contributed by atoms with van der Waals surface area (Å²) in [4.78, 5) is 32.5. The molecule has 1 aliphatic rings. The van der Waals surface area contributed by atoms with Crippen LogP contribution < -0.4 is 15.4 Å². The van der Waals surface area contributed by atoms with Gasteiger partial charge in [-0.3, -0.25) is 9.59 Å². The molecule has 0 atom stereocenters. The van der Waals surface area contributed by atoms with Gasteiger partial charge in [0.2, 0.25) is 5.91 Å². The van der Waals surface area contributed by atoms with Crippen LogP contribution in [0, 0.1) is 11.3 Å². The van der Waals surface area contributed by atoms with E-state index >= 15 is 0 Å². The Labute approximate surface area is 180 Å². The third-order valence-electron chi connectivity index (χ3n) is 4.67. The number of carbonyl (C=O) groups excluding carboxylic acids is 2. The highest BCUT2D eigenvalue weighted by atomic mass is 16.5. The van der Waals surface area contributed by atoms with Crippen LogP contribution in [-0.4, -0.2) is 27.3 Å². The highest BCUT2D eigenvalue weighted by molar-refractivity contribution is 6.00. The second kappa shape index (κ2) is 9.50. The van der Waals surface area contributed by atoms with Gasteiger partial charge < -0.3 is 15.4 Å². The van der Waals surface area contributed by atoms with Crippen LogP contribution in [0.1, 0.15) is 28.8 Å². The van der Waals surface area contributed by atoms with Crippen LogP contribution in [0.15, 0.2) is 79.6 Å². The lowest BCUT2D eigenvalue weighted by atomic mass is 10.2. The number of hydrogen-bond acceptors (Lipinski definition) is 6. The first kappa shape index (κ1) is 21.5. The van der Waals surface area contributed by atoms with Crippen LogP contribution >= 0.6 is 0 Å². The van der Waals surface area contributed by atoms with Crippen molar-refractivity contribution >= 4 is 11.8 Å². The van der Waals surface area contributed by atoms with E-state index in [1.54, 1.807) is 30.3 Å². The van der Waals surface area contributed by atoms with Gasteiger partial charge in [-0.05, 0) is 36.6 Å². The van der Waals surface area contributed by atoms with E-state index in [1.807, 2.05) is 6.07 Å². The number of nitrogens with one attached hydrogen (secondary N) is 2. The average molecular weight is 415 g/mol. The molecule has 1 aromatic heterocycles. The molecule has 8 heteroatoms. The molecule has 31 heavy (non-hydrogen) atoms. The summed E-state index contributed by atoms with van der Waals surface area (Å²) < 4.78 is 5.66. The molecule has 1 aromatic carbocycles. The van der Waals surface area contributed by atoms with Crippen LogP contribution in [0.2, 0.25) is 0 Å². The zero-order valence-corrected chi connectivity index (χ0v) is 16.8. The maximum absolute atomic E-state index is 12.6. The number of ether oxygens (including phenoxy) is 1. The third kappa shape index (κ3) is 5.42. The molecule has 0 saturated heterocycles. The quantitative estimate of drug-likeness (QED) is 0.369. The van der Waals surface area contributed by atoms with E-state index < -0.39 is 5.54 Å².